The number of nitrogens with zero attached hydrogens (tertiary/aromatic N) is 1. The molecular formula is C16H20BrNO3S. The Morgan fingerprint density at radius 3 is 2.91 bits per heavy atom. The molecule has 2 unspecified atom stereocenters. The summed E-state index contributed by atoms with van der Waals surface area (Å²) in [6.45, 7) is 5.18. The standard InChI is InChI=1S/C16H20BrNO3S/c1-11(2)22(19)18-14-9-16(6-3-7-20-10-16)21-15-5-4-12(17)8-13(14)15/h4-5,8,11H,3,6-7,9-10H2,1-2H3. The molecule has 2 heterocycles. The number of halogens is 1. The lowest BCUT2D eigenvalue weighted by molar-refractivity contribution is -0.0660. The van der Waals surface area contributed by atoms with E-state index in [0.29, 0.717) is 13.0 Å². The average molecular weight is 386 g/mol. The molecule has 120 valence electrons. The molecule has 1 aromatic carbocycles. The Kier molecular flexibility index (Phi) is 4.71. The first-order valence-electron chi connectivity index (χ1n) is 7.54. The zero-order valence-electron chi connectivity index (χ0n) is 12.8. The summed E-state index contributed by atoms with van der Waals surface area (Å²) in [6.07, 6.45) is 2.57. The number of fused-ring (bicyclic) bond motifs is 1. The van der Waals surface area contributed by atoms with Gasteiger partial charge in [0.15, 0.2) is 0 Å². The topological polar surface area (TPSA) is 47.9 Å². The number of hydrogen-bond donors (Lipinski definition) is 0. The summed E-state index contributed by atoms with van der Waals surface area (Å²) in [5.74, 6) is 0.805. The molecule has 1 fully saturated rings. The van der Waals surface area contributed by atoms with Crippen LogP contribution < -0.4 is 4.74 Å². The van der Waals surface area contributed by atoms with Crippen molar-refractivity contribution in [1.82, 2.24) is 0 Å². The number of rotatable bonds is 2. The van der Waals surface area contributed by atoms with Gasteiger partial charge in [-0.05, 0) is 44.9 Å². The second-order valence-corrected chi connectivity index (χ2v) is 8.71. The van der Waals surface area contributed by atoms with E-state index in [1.54, 1.807) is 0 Å². The van der Waals surface area contributed by atoms with Crippen LogP contribution in [0, 0.1) is 0 Å². The molecule has 0 aromatic heterocycles. The molecule has 4 nitrogen and oxygen atoms in total. The van der Waals surface area contributed by atoms with Crippen LogP contribution in [0.25, 0.3) is 0 Å². The monoisotopic (exact) mass is 385 g/mol. The Bertz CT molecular complexity index is 624. The highest BCUT2D eigenvalue weighted by molar-refractivity contribution is 9.10. The van der Waals surface area contributed by atoms with Gasteiger partial charge in [-0.15, -0.1) is 0 Å². The van der Waals surface area contributed by atoms with E-state index in [-0.39, 0.29) is 10.9 Å². The van der Waals surface area contributed by atoms with Crippen molar-refractivity contribution >= 4 is 32.6 Å². The Balaban J connectivity index is 2.03. The van der Waals surface area contributed by atoms with Gasteiger partial charge in [-0.25, -0.2) is 4.21 Å². The first-order valence-corrected chi connectivity index (χ1v) is 9.50. The Hall–Kier alpha value is -0.720. The number of benzene rings is 1. The molecule has 0 N–H and O–H groups in total. The second kappa shape index (κ2) is 6.42. The third-order valence-corrected chi connectivity index (χ3v) is 5.66. The smallest absolute Gasteiger partial charge is 0.142 e. The molecule has 0 saturated carbocycles. The van der Waals surface area contributed by atoms with E-state index in [1.165, 1.54) is 0 Å². The van der Waals surface area contributed by atoms with Crippen molar-refractivity contribution in [2.75, 3.05) is 13.2 Å². The largest absolute Gasteiger partial charge is 0.484 e. The lowest BCUT2D eigenvalue weighted by atomic mass is 9.85. The molecule has 0 radical (unpaired) electrons. The molecular weight excluding hydrogens is 366 g/mol. The molecule has 2 atom stereocenters. The third-order valence-electron chi connectivity index (χ3n) is 3.96. The van der Waals surface area contributed by atoms with Gasteiger partial charge in [0.25, 0.3) is 0 Å². The maximum Gasteiger partial charge on any atom is 0.142 e. The summed E-state index contributed by atoms with van der Waals surface area (Å²) >= 11 is 3.49. The van der Waals surface area contributed by atoms with Crippen LogP contribution in [0.4, 0.5) is 0 Å². The summed E-state index contributed by atoms with van der Waals surface area (Å²) in [6, 6.07) is 5.89. The average Bonchev–Trinajstić information content (AvgIpc) is 2.49. The normalized spacial score (nSPS) is 27.7. The fourth-order valence-corrected chi connectivity index (χ4v) is 3.78. The van der Waals surface area contributed by atoms with Crippen molar-refractivity contribution in [2.45, 2.75) is 44.0 Å². The zero-order valence-corrected chi connectivity index (χ0v) is 15.2. The quantitative estimate of drug-likeness (QED) is 0.780. The van der Waals surface area contributed by atoms with Gasteiger partial charge in [0.05, 0.1) is 17.6 Å². The molecule has 22 heavy (non-hydrogen) atoms. The molecule has 2 aliphatic rings. The van der Waals surface area contributed by atoms with E-state index in [9.17, 15) is 4.21 Å². The molecule has 3 rings (SSSR count). The van der Waals surface area contributed by atoms with Gasteiger partial charge in [-0.3, -0.25) is 0 Å². The van der Waals surface area contributed by atoms with E-state index in [1.807, 2.05) is 32.0 Å². The van der Waals surface area contributed by atoms with Crippen molar-refractivity contribution in [1.29, 1.82) is 0 Å². The van der Waals surface area contributed by atoms with Crippen molar-refractivity contribution in [3.8, 4) is 5.75 Å². The Labute approximate surface area is 142 Å². The minimum absolute atomic E-state index is 0.00417. The van der Waals surface area contributed by atoms with Crippen LogP contribution in [0.5, 0.6) is 5.75 Å². The maximum atomic E-state index is 12.2. The molecule has 1 spiro atoms. The second-order valence-electron chi connectivity index (χ2n) is 6.12. The van der Waals surface area contributed by atoms with Crippen LogP contribution in [-0.4, -0.2) is 34.0 Å². The van der Waals surface area contributed by atoms with Gasteiger partial charge >= 0.3 is 0 Å². The van der Waals surface area contributed by atoms with Gasteiger partial charge in [-0.2, -0.15) is 4.40 Å². The highest BCUT2D eigenvalue weighted by atomic mass is 79.9. The van der Waals surface area contributed by atoms with Gasteiger partial charge in [0.2, 0.25) is 0 Å². The van der Waals surface area contributed by atoms with E-state index in [2.05, 4.69) is 20.3 Å². The molecule has 1 saturated heterocycles. The predicted molar refractivity (Wildman–Crippen MR) is 92.0 cm³/mol. The van der Waals surface area contributed by atoms with E-state index in [0.717, 1.165) is 40.9 Å². The van der Waals surface area contributed by atoms with Gasteiger partial charge in [0.1, 0.15) is 22.3 Å². The van der Waals surface area contributed by atoms with Crippen LogP contribution in [-0.2, 0) is 15.7 Å². The Morgan fingerprint density at radius 2 is 2.23 bits per heavy atom. The summed E-state index contributed by atoms with van der Waals surface area (Å²) < 4.78 is 29.6. The van der Waals surface area contributed by atoms with Gasteiger partial charge in [0, 0.05) is 23.1 Å². The van der Waals surface area contributed by atoms with Crippen molar-refractivity contribution in [3.63, 3.8) is 0 Å². The molecule has 1 aromatic rings. The van der Waals surface area contributed by atoms with Crippen LogP contribution in [0.3, 0.4) is 0 Å². The predicted octanol–water partition coefficient (Wildman–Crippen LogP) is 3.64. The van der Waals surface area contributed by atoms with Crippen molar-refractivity contribution in [2.24, 2.45) is 4.40 Å². The van der Waals surface area contributed by atoms with E-state index < -0.39 is 11.0 Å². The lowest BCUT2D eigenvalue weighted by Gasteiger charge is -2.41. The first-order chi connectivity index (χ1) is 10.5. The van der Waals surface area contributed by atoms with Crippen LogP contribution in [0.15, 0.2) is 27.1 Å². The fourth-order valence-electron chi connectivity index (χ4n) is 2.83. The summed E-state index contributed by atoms with van der Waals surface area (Å²) in [5.41, 5.74) is 1.43. The molecule has 0 bridgehead atoms. The zero-order chi connectivity index (χ0) is 15.7. The van der Waals surface area contributed by atoms with Crippen molar-refractivity contribution in [3.05, 3.63) is 28.2 Å². The minimum atomic E-state index is -1.23. The maximum absolute atomic E-state index is 12.2. The molecule has 0 aliphatic carbocycles. The molecule has 2 aliphatic heterocycles. The molecule has 6 heteroatoms. The van der Waals surface area contributed by atoms with Crippen LogP contribution in [0.2, 0.25) is 0 Å². The first kappa shape index (κ1) is 16.1. The minimum Gasteiger partial charge on any atom is -0.484 e. The molecule has 0 amide bonds. The van der Waals surface area contributed by atoms with Crippen molar-refractivity contribution < 1.29 is 13.7 Å². The highest BCUT2D eigenvalue weighted by Crippen LogP contribution is 2.39. The van der Waals surface area contributed by atoms with E-state index >= 15 is 0 Å². The van der Waals surface area contributed by atoms with Crippen LogP contribution >= 0.6 is 15.9 Å². The SMILES string of the molecule is CC(C)S(=O)N=C1CC2(CCCOC2)Oc2ccc(Br)cc21. The Morgan fingerprint density at radius 1 is 1.41 bits per heavy atom. The lowest BCUT2D eigenvalue weighted by Crippen LogP contribution is -2.48. The third kappa shape index (κ3) is 3.29. The van der Waals surface area contributed by atoms with E-state index in [4.69, 9.17) is 9.47 Å². The van der Waals surface area contributed by atoms with Crippen LogP contribution in [0.1, 0.15) is 38.7 Å². The van der Waals surface area contributed by atoms with Gasteiger partial charge in [-0.1, -0.05) is 15.9 Å². The van der Waals surface area contributed by atoms with Gasteiger partial charge < -0.3 is 9.47 Å². The fraction of sp³-hybridized carbons (Fsp3) is 0.562. The number of hydrogen-bond acceptors (Lipinski definition) is 3. The summed E-state index contributed by atoms with van der Waals surface area (Å²) in [5, 5.41) is 0.00417. The highest BCUT2D eigenvalue weighted by Gasteiger charge is 2.41. The number of ether oxygens (including phenoxy) is 2. The summed E-state index contributed by atoms with van der Waals surface area (Å²) in [7, 11) is -1.23. The summed E-state index contributed by atoms with van der Waals surface area (Å²) in [4.78, 5) is 0.